The van der Waals surface area contributed by atoms with E-state index >= 15 is 4.39 Å². The summed E-state index contributed by atoms with van der Waals surface area (Å²) in [7, 11) is -4.09. The van der Waals surface area contributed by atoms with Crippen molar-refractivity contribution < 1.29 is 22.4 Å². The number of rotatable bonds is 14. The molecule has 2 aliphatic rings. The van der Waals surface area contributed by atoms with Crippen molar-refractivity contribution >= 4 is 22.3 Å². The lowest BCUT2D eigenvalue weighted by Gasteiger charge is -2.38. The number of hydrogen-bond acceptors (Lipinski definition) is 5. The molecule has 1 aliphatic carbocycles. The number of ether oxygens (including phenoxy) is 1. The lowest BCUT2D eigenvalue weighted by molar-refractivity contribution is 0.180. The van der Waals surface area contributed by atoms with Crippen LogP contribution in [0.4, 0.5) is 14.5 Å². The van der Waals surface area contributed by atoms with Crippen molar-refractivity contribution in [2.45, 2.75) is 129 Å². The van der Waals surface area contributed by atoms with E-state index in [0.29, 0.717) is 13.2 Å². The summed E-state index contributed by atoms with van der Waals surface area (Å²) >= 11 is 0. The van der Waals surface area contributed by atoms with E-state index in [-0.39, 0.29) is 34.1 Å². The van der Waals surface area contributed by atoms with Gasteiger partial charge >= 0.3 is 0 Å². The average molecular weight is 765 g/mol. The van der Waals surface area contributed by atoms with Gasteiger partial charge in [0.15, 0.2) is 11.6 Å². The van der Waals surface area contributed by atoms with Gasteiger partial charge in [-0.3, -0.25) is 4.90 Å². The smallest absolute Gasteiger partial charge is 0.250 e. The van der Waals surface area contributed by atoms with Gasteiger partial charge < -0.3 is 18.5 Å². The number of hydrogen-bond donors (Lipinski definition) is 0. The molecule has 3 aromatic carbocycles. The minimum Gasteiger partial charge on any atom is -0.543 e. The van der Waals surface area contributed by atoms with Gasteiger partial charge in [-0.15, -0.1) is 0 Å². The van der Waals surface area contributed by atoms with Gasteiger partial charge in [-0.2, -0.15) is 0 Å². The highest BCUT2D eigenvalue weighted by atomic mass is 28.4. The first-order chi connectivity index (χ1) is 24.9. The average Bonchev–Trinajstić information content (AvgIpc) is 3.08. The van der Waals surface area contributed by atoms with E-state index in [1.807, 2.05) is 6.07 Å². The van der Waals surface area contributed by atoms with Crippen LogP contribution in [0, 0.1) is 5.82 Å². The number of halogens is 2. The Hall–Kier alpha value is -2.89. The molecule has 0 N–H and O–H groups in total. The Balaban J connectivity index is 1.40. The van der Waals surface area contributed by atoms with Gasteiger partial charge in [0.05, 0.1) is 0 Å². The summed E-state index contributed by atoms with van der Waals surface area (Å²) in [6.45, 7) is 26.1. The molecule has 0 spiro atoms. The molecule has 292 valence electrons. The van der Waals surface area contributed by atoms with Crippen molar-refractivity contribution in [1.29, 1.82) is 0 Å². The minimum absolute atomic E-state index is 0.0276. The molecule has 0 bridgehead atoms. The third-order valence-electron chi connectivity index (χ3n) is 12.4. The van der Waals surface area contributed by atoms with Crippen LogP contribution < -0.4 is 18.5 Å². The molecule has 5 rings (SSSR count). The largest absolute Gasteiger partial charge is 0.543 e. The standard InChI is InChI=1S/C44H66F2N2O3Si2/c1-43(2,3)52(7,8)50-37-18-17-34-29-36(16-15-35(34)30-37)39-20-19-38(51-53(9,10)44(4,5)6)31-41(39)48(25-22-45)32-33-14-21-42(40(46)28-33)49-27-26-47-23-12-11-13-24-47/h14,17-21,28,30-31,36H,11-13,15-16,22-27,29,32H2,1-10H3. The molecule has 0 amide bonds. The lowest BCUT2D eigenvalue weighted by atomic mass is 9.79. The molecule has 1 fully saturated rings. The van der Waals surface area contributed by atoms with E-state index in [2.05, 4.69) is 114 Å². The normalized spacial score (nSPS) is 17.3. The van der Waals surface area contributed by atoms with Crippen molar-refractivity contribution in [3.05, 3.63) is 82.7 Å². The topological polar surface area (TPSA) is 34.2 Å². The molecule has 0 saturated carbocycles. The highest BCUT2D eigenvalue weighted by Crippen LogP contribution is 2.44. The monoisotopic (exact) mass is 764 g/mol. The molecule has 1 unspecified atom stereocenters. The molecule has 0 radical (unpaired) electrons. The van der Waals surface area contributed by atoms with Crippen molar-refractivity contribution in [1.82, 2.24) is 4.90 Å². The number of aryl methyl sites for hydroxylation is 1. The zero-order chi connectivity index (χ0) is 38.6. The summed E-state index contributed by atoms with van der Waals surface area (Å²) in [4.78, 5) is 4.46. The van der Waals surface area contributed by atoms with Crippen molar-refractivity contribution in [2.24, 2.45) is 0 Å². The summed E-state index contributed by atoms with van der Waals surface area (Å²) in [6, 6.07) is 18.3. The van der Waals surface area contributed by atoms with Gasteiger partial charge in [0.2, 0.25) is 16.6 Å². The Morgan fingerprint density at radius 3 is 2.06 bits per heavy atom. The molecule has 1 saturated heterocycles. The van der Waals surface area contributed by atoms with Gasteiger partial charge in [-0.1, -0.05) is 66.2 Å². The molecule has 1 heterocycles. The maximum absolute atomic E-state index is 15.5. The molecule has 9 heteroatoms. The van der Waals surface area contributed by atoms with E-state index in [0.717, 1.165) is 61.6 Å². The fourth-order valence-corrected chi connectivity index (χ4v) is 9.04. The van der Waals surface area contributed by atoms with Crippen LogP contribution in [0.15, 0.2) is 54.6 Å². The number of piperidine rings is 1. The van der Waals surface area contributed by atoms with Crippen LogP contribution >= 0.6 is 0 Å². The summed E-state index contributed by atoms with van der Waals surface area (Å²) in [5, 5.41) is 0.157. The maximum atomic E-state index is 15.5. The number of benzene rings is 3. The predicted octanol–water partition coefficient (Wildman–Crippen LogP) is 11.7. The first-order valence-electron chi connectivity index (χ1n) is 20.0. The first-order valence-corrected chi connectivity index (χ1v) is 25.8. The van der Waals surface area contributed by atoms with Crippen LogP contribution in [-0.2, 0) is 19.4 Å². The van der Waals surface area contributed by atoms with Gasteiger partial charge in [0.1, 0.15) is 24.8 Å². The summed E-state index contributed by atoms with van der Waals surface area (Å²) in [6.07, 6.45) is 6.54. The molecule has 3 aromatic rings. The fraction of sp³-hybridized carbons (Fsp3) is 0.591. The van der Waals surface area contributed by atoms with Crippen LogP contribution in [-0.4, -0.2) is 61.0 Å². The van der Waals surface area contributed by atoms with Gasteiger partial charge in [0.25, 0.3) is 0 Å². The zero-order valence-electron chi connectivity index (χ0n) is 34.3. The molecule has 1 aliphatic heterocycles. The number of alkyl halides is 1. The second kappa shape index (κ2) is 16.9. The van der Waals surface area contributed by atoms with Crippen LogP contribution in [0.2, 0.25) is 36.3 Å². The maximum Gasteiger partial charge on any atom is 0.250 e. The predicted molar refractivity (Wildman–Crippen MR) is 223 cm³/mol. The van der Waals surface area contributed by atoms with Gasteiger partial charge in [-0.05, 0) is 140 Å². The molecular formula is C44H66F2N2O3Si2. The van der Waals surface area contributed by atoms with Crippen molar-refractivity contribution in [3.8, 4) is 17.2 Å². The quantitative estimate of drug-likeness (QED) is 0.153. The highest BCUT2D eigenvalue weighted by molar-refractivity contribution is 6.75. The van der Waals surface area contributed by atoms with E-state index in [1.54, 1.807) is 12.1 Å². The lowest BCUT2D eigenvalue weighted by Crippen LogP contribution is -2.43. The highest BCUT2D eigenvalue weighted by Gasteiger charge is 2.40. The van der Waals surface area contributed by atoms with Crippen LogP contribution in [0.1, 0.15) is 95.4 Å². The molecule has 1 atom stereocenters. The van der Waals surface area contributed by atoms with E-state index < -0.39 is 23.3 Å². The zero-order valence-corrected chi connectivity index (χ0v) is 36.3. The Bertz CT molecular complexity index is 1680. The van der Waals surface area contributed by atoms with Crippen molar-refractivity contribution in [3.63, 3.8) is 0 Å². The van der Waals surface area contributed by atoms with E-state index in [9.17, 15) is 4.39 Å². The third kappa shape index (κ3) is 10.5. The molecule has 5 nitrogen and oxygen atoms in total. The summed E-state index contributed by atoms with van der Waals surface area (Å²) < 4.78 is 49.2. The summed E-state index contributed by atoms with van der Waals surface area (Å²) in [5.74, 6) is 1.93. The number of anilines is 1. The minimum atomic E-state index is -2.14. The number of likely N-dealkylation sites (tertiary alicyclic amines) is 1. The number of nitrogens with zero attached hydrogens (tertiary/aromatic N) is 2. The molecule has 53 heavy (non-hydrogen) atoms. The van der Waals surface area contributed by atoms with Gasteiger partial charge in [-0.25, -0.2) is 8.78 Å². The first kappa shape index (κ1) is 41.3. The fourth-order valence-electron chi connectivity index (χ4n) is 7.00. The Kier molecular flexibility index (Phi) is 13.1. The second-order valence-electron chi connectivity index (χ2n) is 18.4. The van der Waals surface area contributed by atoms with Gasteiger partial charge in [0, 0.05) is 31.4 Å². The Morgan fingerprint density at radius 1 is 0.792 bits per heavy atom. The van der Waals surface area contributed by atoms with Crippen LogP contribution in [0.3, 0.4) is 0 Å². The van der Waals surface area contributed by atoms with E-state index in [4.69, 9.17) is 13.6 Å². The number of fused-ring (bicyclic) bond motifs is 1. The summed E-state index contributed by atoms with van der Waals surface area (Å²) in [5.41, 5.74) is 5.63. The Morgan fingerprint density at radius 2 is 1.43 bits per heavy atom. The second-order valence-corrected chi connectivity index (χ2v) is 27.9. The molecule has 0 aromatic heterocycles. The SMILES string of the molecule is CC(C)(C)[Si](C)(C)Oc1ccc2c(c1)CCC(c1ccc(O[Si](C)(C)C(C)(C)C)cc1N(CCF)Cc1ccc(OCCN3CCCCC3)c(F)c1)C2. The van der Waals surface area contributed by atoms with Crippen molar-refractivity contribution in [2.75, 3.05) is 44.4 Å². The van der Waals surface area contributed by atoms with Crippen LogP contribution in [0.25, 0.3) is 0 Å². The Labute approximate surface area is 321 Å². The van der Waals surface area contributed by atoms with E-state index in [1.165, 1.54) is 36.0 Å². The molecular weight excluding hydrogens is 699 g/mol. The third-order valence-corrected chi connectivity index (χ3v) is 21.1. The van der Waals surface area contributed by atoms with Crippen LogP contribution in [0.5, 0.6) is 17.2 Å².